The number of phenols is 1. The molecule has 0 spiro atoms. The van der Waals surface area contributed by atoms with Gasteiger partial charge in [0, 0.05) is 24.7 Å². The maximum absolute atomic E-state index is 11.6. The Labute approximate surface area is 102 Å². The van der Waals surface area contributed by atoms with E-state index in [1.807, 2.05) is 13.8 Å². The first-order chi connectivity index (χ1) is 8.18. The Balaban J connectivity index is 0.000000686. The van der Waals surface area contributed by atoms with Gasteiger partial charge in [-0.2, -0.15) is 0 Å². The zero-order valence-corrected chi connectivity index (χ0v) is 10.4. The predicted molar refractivity (Wildman–Crippen MR) is 70.1 cm³/mol. The number of aromatic hydroxyl groups is 1. The lowest BCUT2D eigenvalue weighted by atomic mass is 10.1. The molecule has 17 heavy (non-hydrogen) atoms. The van der Waals surface area contributed by atoms with Gasteiger partial charge in [-0.05, 0) is 25.0 Å². The maximum atomic E-state index is 11.6. The van der Waals surface area contributed by atoms with E-state index in [1.165, 1.54) is 6.07 Å². The molecule has 94 valence electrons. The molecular weight excluding hydrogens is 216 g/mol. The number of nitrogens with two attached hydrogens (primary N) is 1. The van der Waals surface area contributed by atoms with Crippen LogP contribution in [0.15, 0.2) is 18.2 Å². The number of benzene rings is 1. The van der Waals surface area contributed by atoms with E-state index in [4.69, 9.17) is 5.73 Å². The van der Waals surface area contributed by atoms with Gasteiger partial charge in [0.25, 0.3) is 0 Å². The highest BCUT2D eigenvalue weighted by atomic mass is 16.3. The Morgan fingerprint density at radius 2 is 2.00 bits per heavy atom. The summed E-state index contributed by atoms with van der Waals surface area (Å²) in [6.07, 6.45) is 2.48. The summed E-state index contributed by atoms with van der Waals surface area (Å²) >= 11 is 0. The average molecular weight is 236 g/mol. The zero-order valence-electron chi connectivity index (χ0n) is 10.4. The van der Waals surface area contributed by atoms with Gasteiger partial charge in [0.05, 0.1) is 5.69 Å². The van der Waals surface area contributed by atoms with Gasteiger partial charge in [-0.15, -0.1) is 0 Å². The van der Waals surface area contributed by atoms with Gasteiger partial charge in [0.2, 0.25) is 5.91 Å². The summed E-state index contributed by atoms with van der Waals surface area (Å²) in [7, 11) is 0. The van der Waals surface area contributed by atoms with Gasteiger partial charge in [0.1, 0.15) is 5.75 Å². The van der Waals surface area contributed by atoms with E-state index < -0.39 is 0 Å². The summed E-state index contributed by atoms with van der Waals surface area (Å²) in [6, 6.07) is 4.85. The molecular formula is C13H20N2O2. The van der Waals surface area contributed by atoms with Crippen molar-refractivity contribution in [3.8, 4) is 5.75 Å². The highest BCUT2D eigenvalue weighted by Crippen LogP contribution is 2.31. The average Bonchev–Trinajstić information content (AvgIpc) is 2.33. The number of carbonyl (C=O) groups excluding carboxylic acids is 1. The third kappa shape index (κ3) is 3.12. The third-order valence-electron chi connectivity index (χ3n) is 2.61. The van der Waals surface area contributed by atoms with Gasteiger partial charge in [0.15, 0.2) is 0 Å². The number of piperidine rings is 1. The lowest BCUT2D eigenvalue weighted by Crippen LogP contribution is -2.35. The molecule has 1 aliphatic rings. The molecule has 1 saturated heterocycles. The number of amides is 1. The van der Waals surface area contributed by atoms with Crippen molar-refractivity contribution < 1.29 is 9.90 Å². The van der Waals surface area contributed by atoms with Crippen molar-refractivity contribution in [1.29, 1.82) is 0 Å². The molecule has 2 rings (SSSR count). The summed E-state index contributed by atoms with van der Waals surface area (Å²) < 4.78 is 0. The van der Waals surface area contributed by atoms with E-state index >= 15 is 0 Å². The fourth-order valence-corrected chi connectivity index (χ4v) is 1.83. The highest BCUT2D eigenvalue weighted by Gasteiger charge is 2.21. The van der Waals surface area contributed by atoms with Crippen molar-refractivity contribution in [1.82, 2.24) is 0 Å². The van der Waals surface area contributed by atoms with Crippen LogP contribution in [-0.2, 0) is 4.79 Å². The second-order valence-electron chi connectivity index (χ2n) is 3.75. The summed E-state index contributed by atoms with van der Waals surface area (Å²) in [5, 5.41) is 9.69. The molecule has 0 saturated carbocycles. The first-order valence-corrected chi connectivity index (χ1v) is 6.07. The molecule has 3 N–H and O–H groups in total. The van der Waals surface area contributed by atoms with Crippen LogP contribution in [-0.4, -0.2) is 17.6 Å². The summed E-state index contributed by atoms with van der Waals surface area (Å²) in [5.74, 6) is 0.145. The van der Waals surface area contributed by atoms with Crippen LogP contribution >= 0.6 is 0 Å². The van der Waals surface area contributed by atoms with Gasteiger partial charge < -0.3 is 15.7 Å². The van der Waals surface area contributed by atoms with Gasteiger partial charge in [-0.3, -0.25) is 4.79 Å². The van der Waals surface area contributed by atoms with Crippen LogP contribution in [0.1, 0.15) is 33.1 Å². The van der Waals surface area contributed by atoms with Crippen molar-refractivity contribution in [2.24, 2.45) is 0 Å². The first kappa shape index (κ1) is 13.4. The number of nitrogen functional groups attached to an aromatic ring is 1. The summed E-state index contributed by atoms with van der Waals surface area (Å²) in [5.41, 5.74) is 6.59. The van der Waals surface area contributed by atoms with Crippen molar-refractivity contribution in [2.45, 2.75) is 33.1 Å². The molecule has 1 heterocycles. The SMILES string of the molecule is CC.Nc1ccc(N2CCCCC2=O)c(O)c1. The molecule has 1 aromatic rings. The standard InChI is InChI=1S/C11H14N2O2.C2H6/c12-8-4-5-9(10(14)7-8)13-6-2-1-3-11(13)15;1-2/h4-5,7,14H,1-3,6,12H2;1-2H3. The lowest BCUT2D eigenvalue weighted by molar-refractivity contribution is -0.119. The minimum Gasteiger partial charge on any atom is -0.506 e. The number of rotatable bonds is 1. The quantitative estimate of drug-likeness (QED) is 0.736. The monoisotopic (exact) mass is 236 g/mol. The molecule has 0 unspecified atom stereocenters. The van der Waals surface area contributed by atoms with Crippen LogP contribution in [0.25, 0.3) is 0 Å². The molecule has 1 amide bonds. The lowest BCUT2D eigenvalue weighted by Gasteiger charge is -2.27. The smallest absolute Gasteiger partial charge is 0.227 e. The fraction of sp³-hybridized carbons (Fsp3) is 0.462. The molecule has 4 heteroatoms. The van der Waals surface area contributed by atoms with Crippen molar-refractivity contribution in [2.75, 3.05) is 17.2 Å². The third-order valence-corrected chi connectivity index (χ3v) is 2.61. The zero-order chi connectivity index (χ0) is 12.8. The fourth-order valence-electron chi connectivity index (χ4n) is 1.83. The van der Waals surface area contributed by atoms with E-state index in [9.17, 15) is 9.90 Å². The van der Waals surface area contributed by atoms with Gasteiger partial charge in [-0.25, -0.2) is 0 Å². The topological polar surface area (TPSA) is 66.6 Å². The van der Waals surface area contributed by atoms with E-state index in [0.29, 0.717) is 24.3 Å². The van der Waals surface area contributed by atoms with Crippen molar-refractivity contribution >= 4 is 17.3 Å². The Kier molecular flexibility index (Phi) is 4.82. The first-order valence-electron chi connectivity index (χ1n) is 6.07. The van der Waals surface area contributed by atoms with E-state index in [-0.39, 0.29) is 11.7 Å². The Morgan fingerprint density at radius 1 is 1.29 bits per heavy atom. The van der Waals surface area contributed by atoms with Crippen molar-refractivity contribution in [3.63, 3.8) is 0 Å². The van der Waals surface area contributed by atoms with Gasteiger partial charge >= 0.3 is 0 Å². The molecule has 0 atom stereocenters. The summed E-state index contributed by atoms with van der Waals surface area (Å²) in [4.78, 5) is 13.2. The second-order valence-corrected chi connectivity index (χ2v) is 3.75. The molecule has 0 radical (unpaired) electrons. The second kappa shape index (κ2) is 6.13. The normalized spacial score (nSPS) is 15.2. The number of phenolic OH excluding ortho intramolecular Hbond substituents is 1. The minimum absolute atomic E-state index is 0.0707. The number of anilines is 2. The largest absolute Gasteiger partial charge is 0.506 e. The molecule has 4 nitrogen and oxygen atoms in total. The highest BCUT2D eigenvalue weighted by molar-refractivity contribution is 5.95. The number of hydrogen-bond donors (Lipinski definition) is 2. The predicted octanol–water partition coefficient (Wildman–Crippen LogP) is 2.52. The molecule has 0 aliphatic carbocycles. The molecule has 1 aliphatic heterocycles. The maximum Gasteiger partial charge on any atom is 0.227 e. The van der Waals surface area contributed by atoms with Crippen LogP contribution in [0.5, 0.6) is 5.75 Å². The minimum atomic E-state index is 0.0707. The number of hydrogen-bond acceptors (Lipinski definition) is 3. The molecule has 0 aromatic heterocycles. The molecule has 1 aromatic carbocycles. The molecule has 1 fully saturated rings. The van der Waals surface area contributed by atoms with Gasteiger partial charge in [-0.1, -0.05) is 13.8 Å². The van der Waals surface area contributed by atoms with Crippen LogP contribution in [0.4, 0.5) is 11.4 Å². The Morgan fingerprint density at radius 3 is 2.59 bits per heavy atom. The van der Waals surface area contributed by atoms with Crippen LogP contribution in [0, 0.1) is 0 Å². The van der Waals surface area contributed by atoms with E-state index in [2.05, 4.69) is 0 Å². The Hall–Kier alpha value is -1.71. The number of carbonyl (C=O) groups is 1. The molecule has 0 bridgehead atoms. The van der Waals surface area contributed by atoms with Crippen LogP contribution in [0.2, 0.25) is 0 Å². The van der Waals surface area contributed by atoms with Crippen molar-refractivity contribution in [3.05, 3.63) is 18.2 Å². The summed E-state index contributed by atoms with van der Waals surface area (Å²) in [6.45, 7) is 4.68. The van der Waals surface area contributed by atoms with E-state index in [0.717, 1.165) is 12.8 Å². The Bertz CT molecular complexity index is 391. The number of nitrogens with zero attached hydrogens (tertiary/aromatic N) is 1. The van der Waals surface area contributed by atoms with Crippen LogP contribution < -0.4 is 10.6 Å². The van der Waals surface area contributed by atoms with E-state index in [1.54, 1.807) is 17.0 Å². The van der Waals surface area contributed by atoms with Crippen LogP contribution in [0.3, 0.4) is 0 Å².